The van der Waals surface area contributed by atoms with E-state index < -0.39 is 17.3 Å². The smallest absolute Gasteiger partial charge is 0.435 e. The lowest BCUT2D eigenvalue weighted by molar-refractivity contribution is -0.154. The lowest BCUT2D eigenvalue weighted by atomic mass is 9.74. The normalized spacial score (nSPS) is 19.6. The predicted octanol–water partition coefficient (Wildman–Crippen LogP) is 2.91. The molecule has 1 aliphatic rings. The van der Waals surface area contributed by atoms with Gasteiger partial charge in [0.2, 0.25) is 0 Å². The first-order valence-electron chi connectivity index (χ1n) is 7.40. The Kier molecular flexibility index (Phi) is 4.81. The molecule has 1 aliphatic heterocycles. The molecule has 0 aromatic carbocycles. The van der Waals surface area contributed by atoms with Gasteiger partial charge in [0.05, 0.1) is 12.5 Å². The fraction of sp³-hybridized carbons (Fsp3) is 0.667. The maximum Gasteiger partial charge on any atom is 0.435 e. The fourth-order valence-corrected chi connectivity index (χ4v) is 2.85. The van der Waals surface area contributed by atoms with Crippen LogP contribution in [0.15, 0.2) is 12.1 Å². The van der Waals surface area contributed by atoms with Gasteiger partial charge in [-0.2, -0.15) is 13.2 Å². The highest BCUT2D eigenvalue weighted by Gasteiger charge is 2.40. The highest BCUT2D eigenvalue weighted by Crippen LogP contribution is 2.36. The van der Waals surface area contributed by atoms with Crippen LogP contribution in [-0.4, -0.2) is 36.4 Å². The third-order valence-electron chi connectivity index (χ3n) is 4.42. The molecule has 23 heavy (non-hydrogen) atoms. The molecular weight excluding hydrogens is 311 g/mol. The zero-order valence-electron chi connectivity index (χ0n) is 13.4. The number of hydrogen-bond acceptors (Lipinski definition) is 5. The number of carbonyl (C=O) groups excluding carboxylic acids is 1. The van der Waals surface area contributed by atoms with Gasteiger partial charge >= 0.3 is 12.1 Å². The average molecular weight is 331 g/mol. The number of alkyl halides is 3. The van der Waals surface area contributed by atoms with Crippen molar-refractivity contribution in [1.82, 2.24) is 10.2 Å². The summed E-state index contributed by atoms with van der Waals surface area (Å²) in [6, 6.07) is 2.25. The quantitative estimate of drug-likeness (QED) is 0.797. The standard InChI is InChI=1S/C15H20F3N3O2/c1-14(2,13(22)23-3)10-5-4-8-21(9-10)12-7-6-11(19-20-12)15(16,17)18/h6-7,10H,4-5,8-9H2,1-3H3. The maximum absolute atomic E-state index is 12.5. The van der Waals surface area contributed by atoms with Crippen molar-refractivity contribution < 1.29 is 22.7 Å². The summed E-state index contributed by atoms with van der Waals surface area (Å²) in [7, 11) is 1.35. The molecule has 0 saturated carbocycles. The van der Waals surface area contributed by atoms with Crippen molar-refractivity contribution in [3.63, 3.8) is 0 Å². The highest BCUT2D eigenvalue weighted by atomic mass is 19.4. The van der Waals surface area contributed by atoms with Crippen LogP contribution in [-0.2, 0) is 15.7 Å². The van der Waals surface area contributed by atoms with Gasteiger partial charge in [-0.1, -0.05) is 0 Å². The van der Waals surface area contributed by atoms with E-state index in [4.69, 9.17) is 4.74 Å². The molecule has 0 spiro atoms. The lowest BCUT2D eigenvalue weighted by Crippen LogP contribution is -2.45. The molecule has 128 valence electrons. The Bertz CT molecular complexity index is 558. The van der Waals surface area contributed by atoms with Gasteiger partial charge in [0.15, 0.2) is 11.5 Å². The van der Waals surface area contributed by atoms with E-state index in [0.29, 0.717) is 18.9 Å². The summed E-state index contributed by atoms with van der Waals surface area (Å²) in [6.45, 7) is 4.85. The van der Waals surface area contributed by atoms with Gasteiger partial charge in [-0.05, 0) is 44.7 Å². The van der Waals surface area contributed by atoms with Crippen molar-refractivity contribution in [2.24, 2.45) is 11.3 Å². The number of aromatic nitrogens is 2. The average Bonchev–Trinajstić information content (AvgIpc) is 2.53. The lowest BCUT2D eigenvalue weighted by Gasteiger charge is -2.40. The molecule has 0 N–H and O–H groups in total. The zero-order chi connectivity index (χ0) is 17.3. The van der Waals surface area contributed by atoms with E-state index in [-0.39, 0.29) is 11.9 Å². The molecule has 8 heteroatoms. The van der Waals surface area contributed by atoms with Crippen LogP contribution in [0.4, 0.5) is 19.0 Å². The van der Waals surface area contributed by atoms with Crippen molar-refractivity contribution in [2.75, 3.05) is 25.1 Å². The summed E-state index contributed by atoms with van der Waals surface area (Å²) in [6.07, 6.45) is -2.82. The summed E-state index contributed by atoms with van der Waals surface area (Å²) in [5.74, 6) is 0.138. The van der Waals surface area contributed by atoms with Gasteiger partial charge in [-0.15, -0.1) is 10.2 Å². The van der Waals surface area contributed by atoms with Crippen molar-refractivity contribution in [1.29, 1.82) is 0 Å². The molecule has 1 aromatic rings. The summed E-state index contributed by atoms with van der Waals surface area (Å²) in [5, 5.41) is 6.95. The van der Waals surface area contributed by atoms with Crippen LogP contribution >= 0.6 is 0 Å². The maximum atomic E-state index is 12.5. The number of rotatable bonds is 3. The Morgan fingerprint density at radius 1 is 1.30 bits per heavy atom. The van der Waals surface area contributed by atoms with E-state index in [2.05, 4.69) is 10.2 Å². The van der Waals surface area contributed by atoms with Crippen LogP contribution in [0.2, 0.25) is 0 Å². The summed E-state index contributed by atoms with van der Waals surface area (Å²) >= 11 is 0. The summed E-state index contributed by atoms with van der Waals surface area (Å²) in [4.78, 5) is 13.8. The number of carbonyl (C=O) groups is 1. The molecule has 0 radical (unpaired) electrons. The van der Waals surface area contributed by atoms with Crippen molar-refractivity contribution in [2.45, 2.75) is 32.9 Å². The topological polar surface area (TPSA) is 55.3 Å². The molecule has 5 nitrogen and oxygen atoms in total. The summed E-state index contributed by atoms with van der Waals surface area (Å²) in [5.41, 5.74) is -1.67. The van der Waals surface area contributed by atoms with E-state index in [1.807, 2.05) is 18.7 Å². The Morgan fingerprint density at radius 2 is 2.00 bits per heavy atom. The predicted molar refractivity (Wildman–Crippen MR) is 77.8 cm³/mol. The van der Waals surface area contributed by atoms with E-state index >= 15 is 0 Å². The molecule has 0 amide bonds. The van der Waals surface area contributed by atoms with Crippen molar-refractivity contribution in [3.8, 4) is 0 Å². The third-order valence-corrected chi connectivity index (χ3v) is 4.42. The van der Waals surface area contributed by atoms with Gasteiger partial charge in [0.25, 0.3) is 0 Å². The largest absolute Gasteiger partial charge is 0.469 e. The number of hydrogen-bond donors (Lipinski definition) is 0. The number of anilines is 1. The minimum Gasteiger partial charge on any atom is -0.469 e. The molecule has 1 atom stereocenters. The Morgan fingerprint density at radius 3 is 2.52 bits per heavy atom. The van der Waals surface area contributed by atoms with Gasteiger partial charge in [0.1, 0.15) is 0 Å². The van der Waals surface area contributed by atoms with Gasteiger partial charge in [-0.25, -0.2) is 0 Å². The zero-order valence-corrected chi connectivity index (χ0v) is 13.4. The second-order valence-corrected chi connectivity index (χ2v) is 6.27. The molecule has 1 unspecified atom stereocenters. The second-order valence-electron chi connectivity index (χ2n) is 6.27. The van der Waals surface area contributed by atoms with E-state index in [9.17, 15) is 18.0 Å². The van der Waals surface area contributed by atoms with Gasteiger partial charge in [-0.3, -0.25) is 4.79 Å². The van der Waals surface area contributed by atoms with Crippen molar-refractivity contribution in [3.05, 3.63) is 17.8 Å². The number of piperidine rings is 1. The van der Waals surface area contributed by atoms with E-state index in [0.717, 1.165) is 18.9 Å². The molecule has 0 aliphatic carbocycles. The Balaban J connectivity index is 2.14. The van der Waals surface area contributed by atoms with E-state index in [1.54, 1.807) is 0 Å². The number of halogens is 3. The first-order chi connectivity index (χ1) is 10.7. The van der Waals surface area contributed by atoms with E-state index in [1.165, 1.54) is 13.2 Å². The molecule has 0 bridgehead atoms. The minimum absolute atomic E-state index is 0.0350. The molecule has 1 aromatic heterocycles. The number of nitrogens with zero attached hydrogens (tertiary/aromatic N) is 3. The number of methoxy groups -OCH3 is 1. The SMILES string of the molecule is COC(=O)C(C)(C)C1CCCN(c2ccc(C(F)(F)F)nn2)C1. The van der Waals surface area contributed by atoms with Crippen LogP contribution < -0.4 is 4.90 Å². The first kappa shape index (κ1) is 17.5. The van der Waals surface area contributed by atoms with Crippen LogP contribution in [0.5, 0.6) is 0 Å². The number of esters is 1. The second kappa shape index (κ2) is 6.33. The first-order valence-corrected chi connectivity index (χ1v) is 7.40. The minimum atomic E-state index is -4.50. The Hall–Kier alpha value is -1.86. The third kappa shape index (κ3) is 3.73. The highest BCUT2D eigenvalue weighted by molar-refractivity contribution is 5.76. The molecular formula is C15H20F3N3O2. The molecule has 1 saturated heterocycles. The van der Waals surface area contributed by atoms with Gasteiger partial charge in [0, 0.05) is 13.1 Å². The van der Waals surface area contributed by atoms with Crippen molar-refractivity contribution >= 4 is 11.8 Å². The van der Waals surface area contributed by atoms with Crippen LogP contribution in [0.25, 0.3) is 0 Å². The van der Waals surface area contributed by atoms with Gasteiger partial charge < -0.3 is 9.64 Å². The van der Waals surface area contributed by atoms with Crippen LogP contribution in [0.1, 0.15) is 32.4 Å². The molecule has 2 heterocycles. The summed E-state index contributed by atoms with van der Waals surface area (Å²) < 4.78 is 42.5. The fourth-order valence-electron chi connectivity index (χ4n) is 2.85. The number of ether oxygens (including phenoxy) is 1. The monoisotopic (exact) mass is 331 g/mol. The van der Waals surface area contributed by atoms with Crippen LogP contribution in [0.3, 0.4) is 0 Å². The van der Waals surface area contributed by atoms with Crippen LogP contribution in [0, 0.1) is 11.3 Å². The molecule has 2 rings (SSSR count). The Labute approximate surface area is 132 Å². The molecule has 1 fully saturated rings.